The molecule has 2 aromatic rings. The number of nitrogens with zero attached hydrogens (tertiary/aromatic N) is 1. The molecular weight excluding hydrogens is 335 g/mol. The molecule has 1 amide bonds. The summed E-state index contributed by atoms with van der Waals surface area (Å²) in [7, 11) is 1.63. The second-order valence-corrected chi connectivity index (χ2v) is 6.13. The third kappa shape index (κ3) is 4.39. The average Bonchev–Trinajstić information content (AvgIpc) is 2.69. The van der Waals surface area contributed by atoms with Gasteiger partial charge in [0.2, 0.25) is 0 Å². The van der Waals surface area contributed by atoms with Crippen LogP contribution >= 0.6 is 0 Å². The van der Waals surface area contributed by atoms with E-state index in [9.17, 15) is 9.18 Å². The smallest absolute Gasteiger partial charge is 0.254 e. The van der Waals surface area contributed by atoms with Crippen molar-refractivity contribution in [2.75, 3.05) is 40.0 Å². The van der Waals surface area contributed by atoms with Crippen LogP contribution in [0.4, 0.5) is 4.39 Å². The average molecular weight is 358 g/mol. The van der Waals surface area contributed by atoms with Gasteiger partial charge in [-0.3, -0.25) is 9.69 Å². The molecule has 2 aromatic carbocycles. The number of hydrogen-bond donors (Lipinski definition) is 1. The van der Waals surface area contributed by atoms with Gasteiger partial charge in [0, 0.05) is 19.6 Å². The van der Waals surface area contributed by atoms with E-state index in [0.29, 0.717) is 19.8 Å². The summed E-state index contributed by atoms with van der Waals surface area (Å²) in [5.41, 5.74) is 1.13. The normalized spacial score (nSPS) is 16.1. The zero-order valence-electron chi connectivity index (χ0n) is 14.8. The minimum Gasteiger partial charge on any atom is -0.497 e. The number of methoxy groups -OCH3 is 1. The molecule has 1 aliphatic rings. The van der Waals surface area contributed by atoms with Crippen molar-refractivity contribution in [2.45, 2.75) is 6.04 Å². The molecule has 0 spiro atoms. The maximum absolute atomic E-state index is 13.8. The molecule has 5 nitrogen and oxygen atoms in total. The minimum atomic E-state index is -0.516. The van der Waals surface area contributed by atoms with E-state index < -0.39 is 11.7 Å². The molecule has 0 aromatic heterocycles. The van der Waals surface area contributed by atoms with Crippen molar-refractivity contribution in [2.24, 2.45) is 0 Å². The number of halogens is 1. The second-order valence-electron chi connectivity index (χ2n) is 6.13. The molecule has 26 heavy (non-hydrogen) atoms. The van der Waals surface area contributed by atoms with Crippen LogP contribution in [0.2, 0.25) is 0 Å². The minimum absolute atomic E-state index is 0.0134. The lowest BCUT2D eigenvalue weighted by Crippen LogP contribution is -2.43. The molecule has 1 N–H and O–H groups in total. The highest BCUT2D eigenvalue weighted by Crippen LogP contribution is 2.24. The van der Waals surface area contributed by atoms with Gasteiger partial charge < -0.3 is 14.8 Å². The van der Waals surface area contributed by atoms with E-state index in [-0.39, 0.29) is 11.6 Å². The van der Waals surface area contributed by atoms with Crippen LogP contribution in [0, 0.1) is 5.82 Å². The highest BCUT2D eigenvalue weighted by molar-refractivity contribution is 5.94. The first-order valence-electron chi connectivity index (χ1n) is 8.67. The molecule has 1 fully saturated rings. The van der Waals surface area contributed by atoms with E-state index in [1.165, 1.54) is 12.1 Å². The van der Waals surface area contributed by atoms with Gasteiger partial charge in [0.05, 0.1) is 31.9 Å². The molecule has 1 heterocycles. The summed E-state index contributed by atoms with van der Waals surface area (Å²) in [6, 6.07) is 13.8. The summed E-state index contributed by atoms with van der Waals surface area (Å²) in [5, 5.41) is 2.87. The molecular formula is C20H23FN2O3. The van der Waals surface area contributed by atoms with Crippen LogP contribution < -0.4 is 10.1 Å². The van der Waals surface area contributed by atoms with Crippen molar-refractivity contribution < 1.29 is 18.7 Å². The van der Waals surface area contributed by atoms with Gasteiger partial charge in [-0.05, 0) is 29.8 Å². The molecule has 0 saturated carbocycles. The van der Waals surface area contributed by atoms with Crippen LogP contribution in [0.3, 0.4) is 0 Å². The van der Waals surface area contributed by atoms with Crippen LogP contribution in [0.1, 0.15) is 22.0 Å². The van der Waals surface area contributed by atoms with Gasteiger partial charge in [0.15, 0.2) is 0 Å². The Hall–Kier alpha value is -2.44. The van der Waals surface area contributed by atoms with Crippen LogP contribution in [0.25, 0.3) is 0 Å². The Labute approximate surface area is 152 Å². The first-order chi connectivity index (χ1) is 12.7. The quantitative estimate of drug-likeness (QED) is 0.863. The summed E-state index contributed by atoms with van der Waals surface area (Å²) in [5.74, 6) is -0.142. The maximum atomic E-state index is 13.8. The largest absolute Gasteiger partial charge is 0.497 e. The van der Waals surface area contributed by atoms with Crippen LogP contribution in [0.15, 0.2) is 48.5 Å². The SMILES string of the molecule is COc1ccc([C@H](CNC(=O)c2ccccc2F)N2CCOCC2)cc1. The molecule has 1 saturated heterocycles. The van der Waals surface area contributed by atoms with E-state index in [1.807, 2.05) is 24.3 Å². The lowest BCUT2D eigenvalue weighted by atomic mass is 10.0. The van der Waals surface area contributed by atoms with Gasteiger partial charge in [0.1, 0.15) is 11.6 Å². The Morgan fingerprint density at radius 1 is 1.19 bits per heavy atom. The summed E-state index contributed by atoms with van der Waals surface area (Å²) < 4.78 is 24.5. The summed E-state index contributed by atoms with van der Waals surface area (Å²) >= 11 is 0. The first kappa shape index (κ1) is 18.4. The van der Waals surface area contributed by atoms with Gasteiger partial charge in [-0.15, -0.1) is 0 Å². The molecule has 3 rings (SSSR count). The predicted molar refractivity (Wildman–Crippen MR) is 96.9 cm³/mol. The van der Waals surface area contributed by atoms with Gasteiger partial charge in [-0.1, -0.05) is 24.3 Å². The first-order valence-corrected chi connectivity index (χ1v) is 8.67. The number of benzene rings is 2. The monoisotopic (exact) mass is 358 g/mol. The summed E-state index contributed by atoms with van der Waals surface area (Å²) in [6.45, 7) is 3.28. The lowest BCUT2D eigenvalue weighted by Gasteiger charge is -2.35. The molecule has 1 aliphatic heterocycles. The highest BCUT2D eigenvalue weighted by atomic mass is 19.1. The van der Waals surface area contributed by atoms with Gasteiger partial charge in [-0.2, -0.15) is 0 Å². The number of morpholine rings is 1. The van der Waals surface area contributed by atoms with E-state index in [2.05, 4.69) is 10.2 Å². The van der Waals surface area contributed by atoms with Crippen molar-refractivity contribution >= 4 is 5.91 Å². The van der Waals surface area contributed by atoms with Gasteiger partial charge in [0.25, 0.3) is 5.91 Å². The van der Waals surface area contributed by atoms with E-state index in [0.717, 1.165) is 24.4 Å². The fraction of sp³-hybridized carbons (Fsp3) is 0.350. The molecule has 0 radical (unpaired) electrons. The van der Waals surface area contributed by atoms with Crippen LogP contribution in [0.5, 0.6) is 5.75 Å². The third-order valence-electron chi connectivity index (χ3n) is 4.56. The number of rotatable bonds is 6. The number of carbonyl (C=O) groups is 1. The third-order valence-corrected chi connectivity index (χ3v) is 4.56. The molecule has 6 heteroatoms. The van der Waals surface area contributed by atoms with Crippen molar-refractivity contribution in [3.05, 3.63) is 65.5 Å². The Morgan fingerprint density at radius 3 is 2.54 bits per heavy atom. The second kappa shape index (κ2) is 8.78. The van der Waals surface area contributed by atoms with E-state index >= 15 is 0 Å². The molecule has 0 bridgehead atoms. The van der Waals surface area contributed by atoms with Gasteiger partial charge in [-0.25, -0.2) is 4.39 Å². The zero-order chi connectivity index (χ0) is 18.4. The molecule has 0 unspecified atom stereocenters. The fourth-order valence-corrected chi connectivity index (χ4v) is 3.10. The topological polar surface area (TPSA) is 50.8 Å². The van der Waals surface area contributed by atoms with E-state index in [4.69, 9.17) is 9.47 Å². The summed E-state index contributed by atoms with van der Waals surface area (Å²) in [6.07, 6.45) is 0. The molecule has 1 atom stereocenters. The lowest BCUT2D eigenvalue weighted by molar-refractivity contribution is 0.0162. The maximum Gasteiger partial charge on any atom is 0.254 e. The number of amides is 1. The number of hydrogen-bond acceptors (Lipinski definition) is 4. The molecule has 138 valence electrons. The Bertz CT molecular complexity index is 730. The van der Waals surface area contributed by atoms with Crippen molar-refractivity contribution in [3.63, 3.8) is 0 Å². The Balaban J connectivity index is 1.74. The summed E-state index contributed by atoms with van der Waals surface area (Å²) in [4.78, 5) is 14.6. The van der Waals surface area contributed by atoms with E-state index in [1.54, 1.807) is 19.2 Å². The van der Waals surface area contributed by atoms with Crippen LogP contribution in [-0.2, 0) is 4.74 Å². The Morgan fingerprint density at radius 2 is 1.88 bits per heavy atom. The fourth-order valence-electron chi connectivity index (χ4n) is 3.10. The van der Waals surface area contributed by atoms with Crippen molar-refractivity contribution in [1.82, 2.24) is 10.2 Å². The standard InChI is InChI=1S/C20H23FN2O3/c1-25-16-8-6-15(7-9-16)19(23-10-12-26-13-11-23)14-22-20(24)17-4-2-3-5-18(17)21/h2-9,19H,10-14H2,1H3,(H,22,24)/t19-/m0/s1. The predicted octanol–water partition coefficient (Wildman–Crippen LogP) is 2.64. The van der Waals surface area contributed by atoms with Crippen molar-refractivity contribution in [3.8, 4) is 5.75 Å². The molecule has 0 aliphatic carbocycles. The Kier molecular flexibility index (Phi) is 6.20. The van der Waals surface area contributed by atoms with Gasteiger partial charge >= 0.3 is 0 Å². The number of carbonyl (C=O) groups excluding carboxylic acids is 1. The number of nitrogens with one attached hydrogen (secondary N) is 1. The zero-order valence-corrected chi connectivity index (χ0v) is 14.8. The highest BCUT2D eigenvalue weighted by Gasteiger charge is 2.24. The van der Waals surface area contributed by atoms with Crippen LogP contribution in [-0.4, -0.2) is 50.8 Å². The number of ether oxygens (including phenoxy) is 2. The van der Waals surface area contributed by atoms with Crippen molar-refractivity contribution in [1.29, 1.82) is 0 Å².